The number of benzene rings is 1. The first-order chi connectivity index (χ1) is 8.72. The summed E-state index contributed by atoms with van der Waals surface area (Å²) in [5, 5.41) is 11.5. The maximum atomic E-state index is 12.0. The van der Waals surface area contributed by atoms with E-state index in [0.29, 0.717) is 13.0 Å². The van der Waals surface area contributed by atoms with Crippen LogP contribution in [0.15, 0.2) is 24.3 Å². The van der Waals surface area contributed by atoms with Crippen LogP contribution in [0.4, 0.5) is 0 Å². The molecule has 18 heavy (non-hydrogen) atoms. The normalized spacial score (nSPS) is 11.9. The minimum atomic E-state index is -0.144. The molecule has 0 saturated carbocycles. The highest BCUT2D eigenvalue weighted by Gasteiger charge is 2.17. The van der Waals surface area contributed by atoms with Crippen molar-refractivity contribution in [1.82, 2.24) is 5.32 Å². The van der Waals surface area contributed by atoms with Crippen molar-refractivity contribution in [2.45, 2.75) is 25.7 Å². The van der Waals surface area contributed by atoms with Gasteiger partial charge in [-0.1, -0.05) is 19.1 Å². The van der Waals surface area contributed by atoms with Gasteiger partial charge < -0.3 is 15.2 Å². The van der Waals surface area contributed by atoms with Gasteiger partial charge in [0.15, 0.2) is 0 Å². The first-order valence-electron chi connectivity index (χ1n) is 6.25. The van der Waals surface area contributed by atoms with Gasteiger partial charge in [0.05, 0.1) is 13.0 Å². The van der Waals surface area contributed by atoms with Crippen molar-refractivity contribution in [3.8, 4) is 5.75 Å². The van der Waals surface area contributed by atoms with Crippen LogP contribution in [-0.4, -0.2) is 31.3 Å². The molecule has 4 heteroatoms. The lowest BCUT2D eigenvalue weighted by Crippen LogP contribution is -2.30. The monoisotopic (exact) mass is 251 g/mol. The van der Waals surface area contributed by atoms with E-state index in [1.165, 1.54) is 0 Å². The fourth-order valence-electron chi connectivity index (χ4n) is 1.82. The molecule has 0 aliphatic carbocycles. The van der Waals surface area contributed by atoms with Gasteiger partial charge in [0, 0.05) is 13.2 Å². The van der Waals surface area contributed by atoms with E-state index in [2.05, 4.69) is 5.32 Å². The molecule has 0 saturated heterocycles. The number of aliphatic hydroxyl groups excluding tert-OH is 1. The van der Waals surface area contributed by atoms with Crippen LogP contribution in [0.25, 0.3) is 0 Å². The number of methoxy groups -OCH3 is 1. The number of hydrogen-bond acceptors (Lipinski definition) is 3. The van der Waals surface area contributed by atoms with E-state index >= 15 is 0 Å². The minimum Gasteiger partial charge on any atom is -0.497 e. The lowest BCUT2D eigenvalue weighted by molar-refractivity contribution is -0.122. The first-order valence-corrected chi connectivity index (χ1v) is 6.25. The number of ether oxygens (including phenoxy) is 1. The lowest BCUT2D eigenvalue weighted by Gasteiger charge is -2.15. The Kier molecular flexibility index (Phi) is 6.22. The summed E-state index contributed by atoms with van der Waals surface area (Å²) in [6.45, 7) is 2.60. The van der Waals surface area contributed by atoms with Crippen molar-refractivity contribution in [2.75, 3.05) is 20.3 Å². The molecule has 1 atom stereocenters. The van der Waals surface area contributed by atoms with Gasteiger partial charge in [0.2, 0.25) is 5.91 Å². The Labute approximate surface area is 108 Å². The largest absolute Gasteiger partial charge is 0.497 e. The van der Waals surface area contributed by atoms with E-state index in [0.717, 1.165) is 17.7 Å². The third-order valence-corrected chi connectivity index (χ3v) is 2.88. The summed E-state index contributed by atoms with van der Waals surface area (Å²) < 4.78 is 5.09. The van der Waals surface area contributed by atoms with Crippen molar-refractivity contribution in [2.24, 2.45) is 0 Å². The number of nitrogens with one attached hydrogen (secondary N) is 1. The van der Waals surface area contributed by atoms with E-state index in [9.17, 15) is 4.79 Å². The number of aliphatic hydroxyl groups is 1. The van der Waals surface area contributed by atoms with Crippen LogP contribution in [0.5, 0.6) is 5.75 Å². The number of carbonyl (C=O) groups excluding carboxylic acids is 1. The second kappa shape index (κ2) is 7.71. The molecule has 0 spiro atoms. The fraction of sp³-hybridized carbons (Fsp3) is 0.500. The SMILES string of the molecule is CCC(C(=O)NCCCO)c1ccc(OC)cc1. The molecule has 0 aromatic heterocycles. The van der Waals surface area contributed by atoms with Gasteiger partial charge >= 0.3 is 0 Å². The molecule has 1 unspecified atom stereocenters. The van der Waals surface area contributed by atoms with Crippen LogP contribution in [0.2, 0.25) is 0 Å². The Bertz CT molecular complexity index is 362. The van der Waals surface area contributed by atoms with Gasteiger partial charge in [-0.2, -0.15) is 0 Å². The molecule has 0 radical (unpaired) electrons. The third kappa shape index (κ3) is 4.04. The second-order valence-electron chi connectivity index (χ2n) is 4.10. The minimum absolute atomic E-state index is 0.0103. The fourth-order valence-corrected chi connectivity index (χ4v) is 1.82. The number of amides is 1. The maximum absolute atomic E-state index is 12.0. The summed E-state index contributed by atoms with van der Waals surface area (Å²) in [4.78, 5) is 12.0. The van der Waals surface area contributed by atoms with Crippen LogP contribution in [0.3, 0.4) is 0 Å². The molecule has 1 aromatic carbocycles. The third-order valence-electron chi connectivity index (χ3n) is 2.88. The standard InChI is InChI=1S/C14H21NO3/c1-3-13(14(17)15-9-4-10-16)11-5-7-12(18-2)8-6-11/h5-8,13,16H,3-4,9-10H2,1-2H3,(H,15,17). The molecule has 0 aliphatic heterocycles. The van der Waals surface area contributed by atoms with E-state index in [1.807, 2.05) is 31.2 Å². The van der Waals surface area contributed by atoms with E-state index < -0.39 is 0 Å². The predicted molar refractivity (Wildman–Crippen MR) is 70.7 cm³/mol. The molecule has 1 amide bonds. The Morgan fingerprint density at radius 3 is 2.56 bits per heavy atom. The average Bonchev–Trinajstić information content (AvgIpc) is 2.41. The quantitative estimate of drug-likeness (QED) is 0.725. The Morgan fingerprint density at radius 2 is 2.06 bits per heavy atom. The average molecular weight is 251 g/mol. The van der Waals surface area contributed by atoms with Crippen LogP contribution in [0, 0.1) is 0 Å². The summed E-state index contributed by atoms with van der Waals surface area (Å²) in [7, 11) is 1.62. The molecule has 4 nitrogen and oxygen atoms in total. The van der Waals surface area contributed by atoms with Crippen molar-refractivity contribution in [1.29, 1.82) is 0 Å². The van der Waals surface area contributed by atoms with Crippen molar-refractivity contribution < 1.29 is 14.6 Å². The highest BCUT2D eigenvalue weighted by Crippen LogP contribution is 2.22. The van der Waals surface area contributed by atoms with Gasteiger partial charge in [0.1, 0.15) is 5.75 Å². The summed E-state index contributed by atoms with van der Waals surface area (Å²) in [5.74, 6) is 0.653. The molecule has 0 heterocycles. The first kappa shape index (κ1) is 14.5. The Balaban J connectivity index is 2.66. The summed E-state index contributed by atoms with van der Waals surface area (Å²) >= 11 is 0. The molecule has 1 aromatic rings. The van der Waals surface area contributed by atoms with E-state index in [4.69, 9.17) is 9.84 Å². The highest BCUT2D eigenvalue weighted by atomic mass is 16.5. The van der Waals surface area contributed by atoms with E-state index in [-0.39, 0.29) is 18.4 Å². The van der Waals surface area contributed by atoms with Crippen LogP contribution in [0.1, 0.15) is 31.2 Å². The smallest absolute Gasteiger partial charge is 0.227 e. The molecule has 0 bridgehead atoms. The molecular weight excluding hydrogens is 230 g/mol. The topological polar surface area (TPSA) is 58.6 Å². The van der Waals surface area contributed by atoms with E-state index in [1.54, 1.807) is 7.11 Å². The number of rotatable bonds is 7. The van der Waals surface area contributed by atoms with Crippen molar-refractivity contribution in [3.05, 3.63) is 29.8 Å². The van der Waals surface area contributed by atoms with Crippen LogP contribution in [-0.2, 0) is 4.79 Å². The van der Waals surface area contributed by atoms with Crippen molar-refractivity contribution in [3.63, 3.8) is 0 Å². The van der Waals surface area contributed by atoms with Gasteiger partial charge in [-0.25, -0.2) is 0 Å². The van der Waals surface area contributed by atoms with Crippen molar-refractivity contribution >= 4 is 5.91 Å². The zero-order valence-corrected chi connectivity index (χ0v) is 11.0. The lowest BCUT2D eigenvalue weighted by atomic mass is 9.95. The van der Waals surface area contributed by atoms with Gasteiger partial charge in [-0.15, -0.1) is 0 Å². The highest BCUT2D eigenvalue weighted by molar-refractivity contribution is 5.83. The summed E-state index contributed by atoms with van der Waals surface area (Å²) in [6, 6.07) is 7.55. The Hall–Kier alpha value is -1.55. The number of carbonyl (C=O) groups is 1. The summed E-state index contributed by atoms with van der Waals surface area (Å²) in [6.07, 6.45) is 1.34. The molecule has 1 rings (SSSR count). The molecule has 100 valence electrons. The predicted octanol–water partition coefficient (Wildman–Crippen LogP) is 1.69. The Morgan fingerprint density at radius 1 is 1.39 bits per heavy atom. The van der Waals surface area contributed by atoms with Crippen LogP contribution >= 0.6 is 0 Å². The maximum Gasteiger partial charge on any atom is 0.227 e. The zero-order chi connectivity index (χ0) is 13.4. The molecular formula is C14H21NO3. The zero-order valence-electron chi connectivity index (χ0n) is 11.0. The van der Waals surface area contributed by atoms with Gasteiger partial charge in [-0.05, 0) is 30.5 Å². The second-order valence-corrected chi connectivity index (χ2v) is 4.10. The summed E-state index contributed by atoms with van der Waals surface area (Å²) in [5.41, 5.74) is 0.986. The molecule has 0 aliphatic rings. The molecule has 0 fully saturated rings. The van der Waals surface area contributed by atoms with Crippen LogP contribution < -0.4 is 10.1 Å². The van der Waals surface area contributed by atoms with Gasteiger partial charge in [-0.3, -0.25) is 4.79 Å². The molecule has 2 N–H and O–H groups in total. The van der Waals surface area contributed by atoms with Gasteiger partial charge in [0.25, 0.3) is 0 Å². The number of hydrogen-bond donors (Lipinski definition) is 2.